The molecule has 2 nitrogen and oxygen atoms in total. The van der Waals surface area contributed by atoms with Crippen LogP contribution in [-0.4, -0.2) is 13.1 Å². The Hall–Kier alpha value is -0.800. The van der Waals surface area contributed by atoms with Gasteiger partial charge in [0, 0.05) is 29.3 Å². The Labute approximate surface area is 105 Å². The third kappa shape index (κ3) is 2.47. The van der Waals surface area contributed by atoms with Gasteiger partial charge in [-0.2, -0.15) is 0 Å². The number of hydrogen-bond donors (Lipinski definition) is 1. The van der Waals surface area contributed by atoms with E-state index in [1.165, 1.54) is 11.3 Å². The van der Waals surface area contributed by atoms with E-state index in [-0.39, 0.29) is 6.04 Å². The monoisotopic (exact) mass is 280 g/mol. The van der Waals surface area contributed by atoms with Gasteiger partial charge in [0.25, 0.3) is 0 Å². The third-order valence-corrected chi connectivity index (χ3v) is 3.38. The van der Waals surface area contributed by atoms with Crippen LogP contribution in [0.25, 0.3) is 0 Å². The first-order valence-corrected chi connectivity index (χ1v) is 6.43. The molecular formula is C13H17BrN2. The number of hydrogen-bond acceptors (Lipinski definition) is 2. The molecule has 16 heavy (non-hydrogen) atoms. The van der Waals surface area contributed by atoms with Crippen LogP contribution in [0.4, 0.5) is 5.69 Å². The van der Waals surface area contributed by atoms with Gasteiger partial charge in [0.1, 0.15) is 0 Å². The lowest BCUT2D eigenvalue weighted by Crippen LogP contribution is -2.28. The van der Waals surface area contributed by atoms with Crippen molar-refractivity contribution in [3.63, 3.8) is 0 Å². The zero-order chi connectivity index (χ0) is 11.5. The van der Waals surface area contributed by atoms with Gasteiger partial charge in [0.15, 0.2) is 0 Å². The lowest BCUT2D eigenvalue weighted by molar-refractivity contribution is 0.775. The highest BCUT2D eigenvalue weighted by atomic mass is 79.9. The standard InChI is InChI=1S/C13H17BrN2/c1-10(15)12-6-5-11(14)9-13(12)16-7-3-2-4-8-16/h2-3,5-6,9-10H,4,7-8,15H2,1H3. The molecule has 1 aliphatic rings. The number of halogens is 1. The van der Waals surface area contributed by atoms with Gasteiger partial charge < -0.3 is 10.6 Å². The van der Waals surface area contributed by atoms with Gasteiger partial charge in [0.2, 0.25) is 0 Å². The molecule has 1 aromatic rings. The SMILES string of the molecule is CC(N)c1ccc(Br)cc1N1CC=CCC1. The Kier molecular flexibility index (Phi) is 3.66. The molecule has 0 saturated heterocycles. The molecule has 0 saturated carbocycles. The smallest absolute Gasteiger partial charge is 0.0428 e. The summed E-state index contributed by atoms with van der Waals surface area (Å²) in [6, 6.07) is 6.41. The summed E-state index contributed by atoms with van der Waals surface area (Å²) in [7, 11) is 0. The lowest BCUT2D eigenvalue weighted by Gasteiger charge is -2.29. The van der Waals surface area contributed by atoms with E-state index in [1.54, 1.807) is 0 Å². The predicted octanol–water partition coefficient (Wildman–Crippen LogP) is 3.24. The first-order chi connectivity index (χ1) is 7.68. The minimum Gasteiger partial charge on any atom is -0.367 e. The fraction of sp³-hybridized carbons (Fsp3) is 0.385. The molecule has 0 bridgehead atoms. The van der Waals surface area contributed by atoms with Crippen molar-refractivity contribution in [3.8, 4) is 0 Å². The summed E-state index contributed by atoms with van der Waals surface area (Å²) in [6.07, 6.45) is 5.57. The van der Waals surface area contributed by atoms with Gasteiger partial charge in [-0.25, -0.2) is 0 Å². The first-order valence-electron chi connectivity index (χ1n) is 5.63. The molecule has 1 unspecified atom stereocenters. The van der Waals surface area contributed by atoms with E-state index in [1.807, 2.05) is 6.92 Å². The van der Waals surface area contributed by atoms with Crippen molar-refractivity contribution in [1.82, 2.24) is 0 Å². The second-order valence-electron chi connectivity index (χ2n) is 4.20. The Morgan fingerprint density at radius 1 is 1.38 bits per heavy atom. The van der Waals surface area contributed by atoms with Gasteiger partial charge in [-0.3, -0.25) is 0 Å². The Bertz CT molecular complexity index is 399. The minimum atomic E-state index is 0.0778. The Morgan fingerprint density at radius 3 is 2.81 bits per heavy atom. The van der Waals surface area contributed by atoms with Gasteiger partial charge in [-0.15, -0.1) is 0 Å². The van der Waals surface area contributed by atoms with Gasteiger partial charge in [-0.1, -0.05) is 34.1 Å². The van der Waals surface area contributed by atoms with Crippen molar-refractivity contribution >= 4 is 21.6 Å². The van der Waals surface area contributed by atoms with Crippen LogP contribution in [0.3, 0.4) is 0 Å². The predicted molar refractivity (Wildman–Crippen MR) is 72.7 cm³/mol. The highest BCUT2D eigenvalue weighted by Gasteiger charge is 2.14. The van der Waals surface area contributed by atoms with E-state index in [0.717, 1.165) is 24.0 Å². The molecule has 0 fully saturated rings. The molecule has 1 aromatic carbocycles. The van der Waals surface area contributed by atoms with Crippen LogP contribution in [0.15, 0.2) is 34.8 Å². The van der Waals surface area contributed by atoms with Crippen LogP contribution in [0.2, 0.25) is 0 Å². The molecule has 0 radical (unpaired) electrons. The van der Waals surface area contributed by atoms with Gasteiger partial charge in [0.05, 0.1) is 0 Å². The summed E-state index contributed by atoms with van der Waals surface area (Å²) < 4.78 is 1.11. The van der Waals surface area contributed by atoms with Crippen LogP contribution in [0.5, 0.6) is 0 Å². The number of anilines is 1. The third-order valence-electron chi connectivity index (χ3n) is 2.88. The van der Waals surface area contributed by atoms with Crippen LogP contribution in [-0.2, 0) is 0 Å². The molecule has 1 atom stereocenters. The molecule has 1 heterocycles. The van der Waals surface area contributed by atoms with Crippen molar-refractivity contribution < 1.29 is 0 Å². The van der Waals surface area contributed by atoms with Crippen LogP contribution >= 0.6 is 15.9 Å². The van der Waals surface area contributed by atoms with E-state index < -0.39 is 0 Å². The highest BCUT2D eigenvalue weighted by molar-refractivity contribution is 9.10. The second-order valence-corrected chi connectivity index (χ2v) is 5.11. The molecule has 0 aliphatic carbocycles. The number of benzene rings is 1. The maximum absolute atomic E-state index is 6.01. The fourth-order valence-corrected chi connectivity index (χ4v) is 2.38. The summed E-state index contributed by atoms with van der Waals surface area (Å²) in [5, 5.41) is 0. The van der Waals surface area contributed by atoms with E-state index in [9.17, 15) is 0 Å². The summed E-state index contributed by atoms with van der Waals surface area (Å²) in [5.74, 6) is 0. The van der Waals surface area contributed by atoms with E-state index in [4.69, 9.17) is 5.73 Å². The fourth-order valence-electron chi connectivity index (χ4n) is 2.04. The Balaban J connectivity index is 2.36. The van der Waals surface area contributed by atoms with Crippen molar-refractivity contribution in [1.29, 1.82) is 0 Å². The lowest BCUT2D eigenvalue weighted by atomic mass is 10.0. The normalized spacial score (nSPS) is 17.6. The topological polar surface area (TPSA) is 29.3 Å². The maximum Gasteiger partial charge on any atom is 0.0428 e. The number of nitrogens with two attached hydrogens (primary N) is 1. The quantitative estimate of drug-likeness (QED) is 0.843. The number of nitrogens with zero attached hydrogens (tertiary/aromatic N) is 1. The Morgan fingerprint density at radius 2 is 2.19 bits per heavy atom. The molecule has 1 aliphatic heterocycles. The molecule has 3 heteroatoms. The maximum atomic E-state index is 6.01. The van der Waals surface area contributed by atoms with Crippen molar-refractivity contribution in [2.75, 3.05) is 18.0 Å². The average Bonchev–Trinajstić information content (AvgIpc) is 2.29. The van der Waals surface area contributed by atoms with E-state index in [2.05, 4.69) is 51.2 Å². The molecule has 0 aromatic heterocycles. The first kappa shape index (κ1) is 11.7. The molecule has 2 N–H and O–H groups in total. The zero-order valence-electron chi connectivity index (χ0n) is 9.49. The minimum absolute atomic E-state index is 0.0778. The molecule has 2 rings (SSSR count). The molecular weight excluding hydrogens is 264 g/mol. The molecule has 0 spiro atoms. The van der Waals surface area contributed by atoms with Crippen LogP contribution < -0.4 is 10.6 Å². The number of rotatable bonds is 2. The van der Waals surface area contributed by atoms with Crippen molar-refractivity contribution in [2.24, 2.45) is 5.73 Å². The van der Waals surface area contributed by atoms with Crippen molar-refractivity contribution in [3.05, 3.63) is 40.4 Å². The molecule has 0 amide bonds. The zero-order valence-corrected chi connectivity index (χ0v) is 11.1. The van der Waals surface area contributed by atoms with Gasteiger partial charge in [-0.05, 0) is 31.0 Å². The average molecular weight is 281 g/mol. The summed E-state index contributed by atoms with van der Waals surface area (Å²) in [4.78, 5) is 2.38. The summed E-state index contributed by atoms with van der Waals surface area (Å²) in [6.45, 7) is 4.09. The largest absolute Gasteiger partial charge is 0.367 e. The highest BCUT2D eigenvalue weighted by Crippen LogP contribution is 2.29. The molecule has 86 valence electrons. The second kappa shape index (κ2) is 5.02. The summed E-state index contributed by atoms with van der Waals surface area (Å²) >= 11 is 3.53. The van der Waals surface area contributed by atoms with Crippen LogP contribution in [0, 0.1) is 0 Å². The van der Waals surface area contributed by atoms with Crippen LogP contribution in [0.1, 0.15) is 24.9 Å². The van der Waals surface area contributed by atoms with E-state index >= 15 is 0 Å². The van der Waals surface area contributed by atoms with Crippen molar-refractivity contribution in [2.45, 2.75) is 19.4 Å². The summed E-state index contributed by atoms with van der Waals surface area (Å²) in [5.41, 5.74) is 8.49. The van der Waals surface area contributed by atoms with Gasteiger partial charge >= 0.3 is 0 Å². The van der Waals surface area contributed by atoms with E-state index in [0.29, 0.717) is 0 Å².